The highest BCUT2D eigenvalue weighted by molar-refractivity contribution is 7.22. The highest BCUT2D eigenvalue weighted by Crippen LogP contribution is 2.36. The van der Waals surface area contributed by atoms with Crippen LogP contribution >= 0.6 is 0 Å². The molecule has 19 rings (SSSR count). The Morgan fingerprint density at radius 2 is 0.405 bits per heavy atom. The number of fused-ring (bicyclic) bond motifs is 3. The van der Waals surface area contributed by atoms with Crippen molar-refractivity contribution in [2.45, 2.75) is 0 Å². The van der Waals surface area contributed by atoms with Gasteiger partial charge in [0.1, 0.15) is 5.82 Å². The van der Waals surface area contributed by atoms with Crippen LogP contribution in [0.25, 0.3) is 128 Å². The molecule has 5 heteroatoms. The SMILES string of the molecule is c1ccc(-c2ccc([Si](c3ccc(-c4ccccc4)cc3)(c3ccc(-c4ccccc4)cc3)c3cc(-c4nc(-c5cccc(-c6ccccc6)c5)cc(-n5c6ccccc6c6ccccc65)n4)cc([Si](c4ccc(-c5ccccc5)cc4)(c4ccc(-c5ccccc5)cc4)c4ccc(-c5ccccc5)cc4)c3)cc2)cc1. The van der Waals surface area contributed by atoms with E-state index in [9.17, 15) is 0 Å². The summed E-state index contributed by atoms with van der Waals surface area (Å²) in [5.74, 6) is 1.38. The Kier molecular flexibility index (Phi) is 18.1. The van der Waals surface area contributed by atoms with Crippen molar-refractivity contribution in [3.63, 3.8) is 0 Å². The molecule has 0 spiro atoms. The predicted molar refractivity (Wildman–Crippen MR) is 473 cm³/mol. The number of nitrogens with zero attached hydrogens (tertiary/aromatic N) is 3. The fourth-order valence-electron chi connectivity index (χ4n) is 16.9. The monoisotopic (exact) mass is 1450 g/mol. The molecule has 0 unspecified atom stereocenters. The number of hydrogen-bond donors (Lipinski definition) is 0. The number of benzene rings is 17. The molecular formula is C106H75N3Si2. The van der Waals surface area contributed by atoms with Gasteiger partial charge in [0.2, 0.25) is 0 Å². The zero-order valence-corrected chi connectivity index (χ0v) is 63.1. The summed E-state index contributed by atoms with van der Waals surface area (Å²) in [6.45, 7) is 0. The van der Waals surface area contributed by atoms with Gasteiger partial charge in [-0.05, 0) is 138 Å². The molecule has 0 aliphatic heterocycles. The highest BCUT2D eigenvalue weighted by atomic mass is 28.3. The van der Waals surface area contributed by atoms with Crippen molar-refractivity contribution in [2.75, 3.05) is 0 Å². The van der Waals surface area contributed by atoms with Crippen LogP contribution in [0.15, 0.2) is 455 Å². The van der Waals surface area contributed by atoms with E-state index < -0.39 is 16.1 Å². The van der Waals surface area contributed by atoms with Crippen molar-refractivity contribution in [2.24, 2.45) is 0 Å². The zero-order valence-electron chi connectivity index (χ0n) is 61.1. The van der Waals surface area contributed by atoms with Crippen LogP contribution in [0, 0.1) is 0 Å². The molecule has 0 atom stereocenters. The lowest BCUT2D eigenvalue weighted by molar-refractivity contribution is 1.05. The molecule has 0 N–H and O–H groups in total. The minimum Gasteiger partial charge on any atom is -0.294 e. The van der Waals surface area contributed by atoms with Crippen molar-refractivity contribution < 1.29 is 0 Å². The van der Waals surface area contributed by atoms with Crippen LogP contribution in [0.1, 0.15) is 0 Å². The Labute approximate surface area is 650 Å². The quantitative estimate of drug-likeness (QED) is 0.0633. The van der Waals surface area contributed by atoms with Gasteiger partial charge in [0.25, 0.3) is 0 Å². The van der Waals surface area contributed by atoms with E-state index in [1.807, 2.05) is 0 Å². The van der Waals surface area contributed by atoms with Gasteiger partial charge in [0.05, 0.1) is 16.7 Å². The van der Waals surface area contributed by atoms with E-state index in [1.54, 1.807) is 0 Å². The van der Waals surface area contributed by atoms with Crippen LogP contribution in [-0.4, -0.2) is 30.7 Å². The highest BCUT2D eigenvalue weighted by Gasteiger charge is 2.47. The van der Waals surface area contributed by atoms with Gasteiger partial charge < -0.3 is 0 Å². The summed E-state index contributed by atoms with van der Waals surface area (Å²) in [4.78, 5) is 12.1. The van der Waals surface area contributed by atoms with Crippen molar-refractivity contribution in [1.82, 2.24) is 14.5 Å². The average molecular weight is 1450 g/mol. The lowest BCUT2D eigenvalue weighted by Crippen LogP contribution is -2.78. The number of aromatic nitrogens is 3. The first-order valence-electron chi connectivity index (χ1n) is 38.2. The summed E-state index contributed by atoms with van der Waals surface area (Å²) >= 11 is 0. The molecule has 3 nitrogen and oxygen atoms in total. The van der Waals surface area contributed by atoms with E-state index in [0.717, 1.165) is 122 Å². The summed E-state index contributed by atoms with van der Waals surface area (Å²) in [7, 11) is -7.42. The second kappa shape index (κ2) is 29.7. The lowest BCUT2D eigenvalue weighted by Gasteiger charge is -2.39. The molecule has 2 heterocycles. The Hall–Kier alpha value is -13.9. The van der Waals surface area contributed by atoms with Crippen LogP contribution in [0.5, 0.6) is 0 Å². The van der Waals surface area contributed by atoms with Crippen molar-refractivity contribution in [1.29, 1.82) is 0 Å². The summed E-state index contributed by atoms with van der Waals surface area (Å²) in [5, 5.41) is 12.1. The van der Waals surface area contributed by atoms with Gasteiger partial charge in [-0.15, -0.1) is 0 Å². The second-order valence-electron chi connectivity index (χ2n) is 28.7. The minimum absolute atomic E-state index is 0.611. The summed E-state index contributed by atoms with van der Waals surface area (Å²) in [6, 6.07) is 170. The first-order chi connectivity index (χ1) is 55.0. The van der Waals surface area contributed by atoms with E-state index >= 15 is 0 Å². The minimum atomic E-state index is -3.71. The van der Waals surface area contributed by atoms with E-state index in [2.05, 4.69) is 460 Å². The summed E-state index contributed by atoms with van der Waals surface area (Å²) in [5.41, 5.74) is 20.9. The Balaban J connectivity index is 0.978. The second-order valence-corrected chi connectivity index (χ2v) is 36.3. The maximum atomic E-state index is 6.09. The molecule has 0 aliphatic carbocycles. The van der Waals surface area contributed by atoms with E-state index in [4.69, 9.17) is 9.97 Å². The Morgan fingerprint density at radius 1 is 0.162 bits per heavy atom. The molecular weight excluding hydrogens is 1370 g/mol. The van der Waals surface area contributed by atoms with Gasteiger partial charge >= 0.3 is 0 Å². The predicted octanol–water partition coefficient (Wildman–Crippen LogP) is 21.3. The molecule has 111 heavy (non-hydrogen) atoms. The average Bonchev–Trinajstić information content (AvgIpc) is 1.21. The first-order valence-corrected chi connectivity index (χ1v) is 42.2. The van der Waals surface area contributed by atoms with Crippen molar-refractivity contribution in [3.05, 3.63) is 455 Å². The molecule has 19 aromatic rings. The summed E-state index contributed by atoms with van der Waals surface area (Å²) in [6.07, 6.45) is 0. The Bertz CT molecular complexity index is 5730. The van der Waals surface area contributed by atoms with Crippen LogP contribution in [0.3, 0.4) is 0 Å². The van der Waals surface area contributed by atoms with Crippen molar-refractivity contribution >= 4 is 79.4 Å². The first kappa shape index (κ1) is 67.6. The van der Waals surface area contributed by atoms with Gasteiger partial charge in [0, 0.05) is 28.0 Å². The van der Waals surface area contributed by atoms with Gasteiger partial charge in [-0.1, -0.05) is 431 Å². The molecule has 0 radical (unpaired) electrons. The van der Waals surface area contributed by atoms with Gasteiger partial charge in [-0.25, -0.2) is 9.97 Å². The third kappa shape index (κ3) is 12.8. The largest absolute Gasteiger partial charge is 0.294 e. The van der Waals surface area contributed by atoms with Crippen LogP contribution in [0.2, 0.25) is 0 Å². The van der Waals surface area contributed by atoms with Crippen molar-refractivity contribution in [3.8, 4) is 106 Å². The molecule has 2 aromatic heterocycles. The van der Waals surface area contributed by atoms with Gasteiger partial charge in [0.15, 0.2) is 22.0 Å². The molecule has 0 aliphatic rings. The van der Waals surface area contributed by atoms with E-state index in [1.165, 1.54) is 41.5 Å². The number of hydrogen-bond acceptors (Lipinski definition) is 2. The van der Waals surface area contributed by atoms with Crippen LogP contribution in [-0.2, 0) is 0 Å². The molecule has 0 fully saturated rings. The molecule has 0 saturated heterocycles. The fourth-order valence-corrected chi connectivity index (χ4v) is 26.6. The maximum absolute atomic E-state index is 6.09. The molecule has 0 amide bonds. The lowest BCUT2D eigenvalue weighted by atomic mass is 10.0. The Morgan fingerprint density at radius 3 is 0.703 bits per heavy atom. The van der Waals surface area contributed by atoms with Crippen LogP contribution < -0.4 is 41.5 Å². The molecule has 0 bridgehead atoms. The van der Waals surface area contributed by atoms with Gasteiger partial charge in [-0.2, -0.15) is 0 Å². The van der Waals surface area contributed by atoms with Crippen LogP contribution in [0.4, 0.5) is 0 Å². The van der Waals surface area contributed by atoms with E-state index in [0.29, 0.717) is 5.82 Å². The molecule has 522 valence electrons. The molecule has 17 aromatic carbocycles. The fraction of sp³-hybridized carbons (Fsp3) is 0. The normalized spacial score (nSPS) is 11.6. The zero-order chi connectivity index (χ0) is 73.9. The van der Waals surface area contributed by atoms with E-state index in [-0.39, 0.29) is 0 Å². The summed E-state index contributed by atoms with van der Waals surface area (Å²) < 4.78 is 2.36. The molecule has 0 saturated carbocycles. The number of rotatable bonds is 18. The third-order valence-corrected chi connectivity index (χ3v) is 31.9. The number of para-hydroxylation sites is 2. The topological polar surface area (TPSA) is 30.7 Å². The smallest absolute Gasteiger partial charge is 0.179 e. The standard InChI is InChI=1S/C106H75N3Si2/c1-8-27-76(28-9-1)83-47-59-92(60-48-83)110(93-61-49-84(50-62-93)77-29-10-2-11-30-77,94-63-51-85(52-64-94)78-31-12-3-13-32-78)98-72-91(106-107-102(90-42-26-41-89(71-90)82-39-20-7-21-40-82)75-105(108-106)109-103-45-24-22-43-100(103)101-44-23-25-46-104(101)109)73-99(74-98)111(95-65-53-86(54-66-95)79-33-14-4-15-34-79,96-67-55-87(56-68-96)80-35-16-5-17-36-80)97-69-57-88(58-70-97)81-37-18-6-19-38-81/h1-75H. The van der Waals surface area contributed by atoms with Gasteiger partial charge in [-0.3, -0.25) is 4.57 Å². The third-order valence-electron chi connectivity index (χ3n) is 22.4. The maximum Gasteiger partial charge on any atom is 0.179 e.